The van der Waals surface area contributed by atoms with E-state index in [9.17, 15) is 22.3 Å². The number of nitrogens with zero attached hydrogens (tertiary/aromatic N) is 3. The zero-order valence-electron chi connectivity index (χ0n) is 13.8. The van der Waals surface area contributed by atoms with Crippen molar-refractivity contribution in [3.05, 3.63) is 48.1 Å². The third-order valence-corrected chi connectivity index (χ3v) is 4.53. The summed E-state index contributed by atoms with van der Waals surface area (Å²) in [4.78, 5) is 3.77. The number of aliphatic hydroxyl groups is 1. The molecule has 0 bridgehead atoms. The average molecular weight is 375 g/mol. The van der Waals surface area contributed by atoms with Crippen molar-refractivity contribution in [2.24, 2.45) is 5.92 Å². The van der Waals surface area contributed by atoms with Gasteiger partial charge in [-0.05, 0) is 18.4 Å². The fourth-order valence-corrected chi connectivity index (χ4v) is 2.92. The Morgan fingerprint density at radius 1 is 1.40 bits per heavy atom. The molecule has 2 atom stereocenters. The highest BCUT2D eigenvalue weighted by atomic mass is 32.2. The van der Waals surface area contributed by atoms with Gasteiger partial charge >= 0.3 is 0 Å². The van der Waals surface area contributed by atoms with Gasteiger partial charge in [0.15, 0.2) is 0 Å². The van der Waals surface area contributed by atoms with Crippen LogP contribution in [-0.4, -0.2) is 41.2 Å². The highest BCUT2D eigenvalue weighted by Gasteiger charge is 2.39. The van der Waals surface area contributed by atoms with Crippen LogP contribution in [0.4, 0.5) is 8.78 Å². The van der Waals surface area contributed by atoms with Crippen molar-refractivity contribution in [2.45, 2.75) is 25.5 Å². The van der Waals surface area contributed by atoms with Gasteiger partial charge in [-0.25, -0.2) is 18.4 Å². The summed E-state index contributed by atoms with van der Waals surface area (Å²) in [5.41, 5.74) is -1.89. The second-order valence-corrected chi connectivity index (χ2v) is 7.50. The highest BCUT2D eigenvalue weighted by Crippen LogP contribution is 2.35. The first-order valence-corrected chi connectivity index (χ1v) is 9.28. The molecule has 10 heteroatoms. The first-order chi connectivity index (χ1) is 11.6. The van der Waals surface area contributed by atoms with Crippen molar-refractivity contribution in [3.63, 3.8) is 0 Å². The van der Waals surface area contributed by atoms with Crippen LogP contribution in [0.1, 0.15) is 18.9 Å². The first kappa shape index (κ1) is 19.4. The van der Waals surface area contributed by atoms with Crippen molar-refractivity contribution in [1.82, 2.24) is 14.8 Å². The van der Waals surface area contributed by atoms with E-state index in [1.165, 1.54) is 17.3 Å². The Hall–Kier alpha value is -1.91. The Labute approximate surface area is 144 Å². The van der Waals surface area contributed by atoms with E-state index >= 15 is 0 Å². The van der Waals surface area contributed by atoms with E-state index in [0.29, 0.717) is 6.07 Å². The third kappa shape index (κ3) is 5.03. The second-order valence-electron chi connectivity index (χ2n) is 5.86. The summed E-state index contributed by atoms with van der Waals surface area (Å²) in [6.07, 6.45) is 3.65. The molecule has 7 nitrogen and oxygen atoms in total. The Morgan fingerprint density at radius 3 is 2.68 bits per heavy atom. The molecule has 1 N–H and O–H groups in total. The van der Waals surface area contributed by atoms with Gasteiger partial charge < -0.3 is 5.11 Å². The maximum Gasteiger partial charge on any atom is 0.264 e. The van der Waals surface area contributed by atoms with Gasteiger partial charge in [-0.1, -0.05) is 13.0 Å². The number of hydrogen-bond acceptors (Lipinski definition) is 6. The van der Waals surface area contributed by atoms with Crippen LogP contribution >= 0.6 is 0 Å². The van der Waals surface area contributed by atoms with Crippen LogP contribution in [0.3, 0.4) is 0 Å². The van der Waals surface area contributed by atoms with Crippen molar-refractivity contribution in [2.75, 3.05) is 12.9 Å². The lowest BCUT2D eigenvalue weighted by molar-refractivity contribution is -0.0451. The molecule has 0 radical (unpaired) electrons. The number of halogens is 2. The largest absolute Gasteiger partial charge is 0.383 e. The molecule has 0 aliphatic rings. The zero-order chi connectivity index (χ0) is 18.7. The van der Waals surface area contributed by atoms with E-state index in [2.05, 4.69) is 14.3 Å². The second kappa shape index (κ2) is 7.54. The van der Waals surface area contributed by atoms with E-state index in [0.717, 1.165) is 18.4 Å². The topological polar surface area (TPSA) is 94.3 Å². The van der Waals surface area contributed by atoms with Crippen LogP contribution in [0, 0.1) is 17.6 Å². The molecule has 0 aliphatic heterocycles. The quantitative estimate of drug-likeness (QED) is 0.702. The molecule has 138 valence electrons. The van der Waals surface area contributed by atoms with Crippen LogP contribution in [0.2, 0.25) is 0 Å². The van der Waals surface area contributed by atoms with Crippen molar-refractivity contribution in [1.29, 1.82) is 0 Å². The molecule has 0 saturated carbocycles. The van der Waals surface area contributed by atoms with Gasteiger partial charge in [-0.2, -0.15) is 13.5 Å². The van der Waals surface area contributed by atoms with E-state index in [4.69, 9.17) is 0 Å². The van der Waals surface area contributed by atoms with Gasteiger partial charge in [-0.3, -0.25) is 4.18 Å². The molecule has 2 unspecified atom stereocenters. The third-order valence-electron chi connectivity index (χ3n) is 3.93. The lowest BCUT2D eigenvalue weighted by Crippen LogP contribution is -2.40. The summed E-state index contributed by atoms with van der Waals surface area (Å²) in [6, 6.07) is 2.89. The van der Waals surface area contributed by atoms with Crippen molar-refractivity contribution < 1.29 is 26.5 Å². The normalized spacial score (nSPS) is 15.7. The average Bonchev–Trinajstić information content (AvgIpc) is 2.98. The van der Waals surface area contributed by atoms with Gasteiger partial charge in [0.25, 0.3) is 10.1 Å². The van der Waals surface area contributed by atoms with Gasteiger partial charge in [0.2, 0.25) is 0 Å². The van der Waals surface area contributed by atoms with E-state index in [-0.39, 0.29) is 25.1 Å². The van der Waals surface area contributed by atoms with Crippen LogP contribution in [-0.2, 0) is 26.4 Å². The Balaban J connectivity index is 2.31. The SMILES string of the molecule is CC(CCOS(C)(=O)=O)C(O)(Cn1cncn1)c1ccc(F)cc1F. The minimum atomic E-state index is -3.63. The lowest BCUT2D eigenvalue weighted by atomic mass is 9.80. The smallest absolute Gasteiger partial charge is 0.264 e. The predicted molar refractivity (Wildman–Crippen MR) is 84.9 cm³/mol. The van der Waals surface area contributed by atoms with Crippen molar-refractivity contribution >= 4 is 10.1 Å². The predicted octanol–water partition coefficient (Wildman–Crippen LogP) is 1.45. The molecule has 0 fully saturated rings. The highest BCUT2D eigenvalue weighted by molar-refractivity contribution is 7.85. The minimum Gasteiger partial charge on any atom is -0.383 e. The van der Waals surface area contributed by atoms with Gasteiger partial charge in [0.1, 0.15) is 29.9 Å². The molecule has 2 aromatic rings. The zero-order valence-corrected chi connectivity index (χ0v) is 14.6. The van der Waals surface area contributed by atoms with Gasteiger partial charge in [0.05, 0.1) is 19.4 Å². The monoisotopic (exact) mass is 375 g/mol. The molecule has 0 aliphatic carbocycles. The Morgan fingerprint density at radius 2 is 2.12 bits per heavy atom. The number of rotatable bonds is 8. The summed E-state index contributed by atoms with van der Waals surface area (Å²) < 4.78 is 55.6. The van der Waals surface area contributed by atoms with Gasteiger partial charge in [-0.15, -0.1) is 0 Å². The van der Waals surface area contributed by atoms with E-state index in [1.54, 1.807) is 6.92 Å². The maximum atomic E-state index is 14.3. The fourth-order valence-electron chi connectivity index (χ4n) is 2.52. The molecule has 1 aromatic carbocycles. The molecule has 25 heavy (non-hydrogen) atoms. The molecule has 0 amide bonds. The summed E-state index contributed by atoms with van der Waals surface area (Å²) in [5.74, 6) is -2.30. The van der Waals surface area contributed by atoms with E-state index in [1.807, 2.05) is 0 Å². The summed E-state index contributed by atoms with van der Waals surface area (Å²) in [5, 5.41) is 15.1. The fraction of sp³-hybridized carbons (Fsp3) is 0.467. The lowest BCUT2D eigenvalue weighted by Gasteiger charge is -2.34. The van der Waals surface area contributed by atoms with Crippen LogP contribution in [0.25, 0.3) is 0 Å². The molecular formula is C15H19F2N3O4S. The van der Waals surface area contributed by atoms with Crippen LogP contribution in [0.15, 0.2) is 30.9 Å². The summed E-state index contributed by atoms with van der Waals surface area (Å²) >= 11 is 0. The molecule has 0 saturated heterocycles. The van der Waals surface area contributed by atoms with E-state index < -0.39 is 33.3 Å². The Bertz CT molecular complexity index is 814. The Kier molecular flexibility index (Phi) is 5.86. The molecular weight excluding hydrogens is 356 g/mol. The molecule has 1 heterocycles. The maximum absolute atomic E-state index is 14.3. The molecule has 1 aromatic heterocycles. The number of aromatic nitrogens is 3. The summed E-state index contributed by atoms with van der Waals surface area (Å²) in [7, 11) is -3.63. The minimum absolute atomic E-state index is 0.115. The number of benzene rings is 1. The first-order valence-electron chi connectivity index (χ1n) is 7.46. The standard InChI is InChI=1S/C15H19F2N3O4S/c1-11(5-6-24-25(2,22)23)15(21,8-20-10-18-9-19-20)13-4-3-12(16)7-14(13)17/h3-4,7,9-11,21H,5-6,8H2,1-2H3. The molecule has 2 rings (SSSR count). The van der Waals surface area contributed by atoms with Crippen LogP contribution < -0.4 is 0 Å². The number of hydrogen-bond donors (Lipinski definition) is 1. The summed E-state index contributed by atoms with van der Waals surface area (Å²) in [6.45, 7) is 1.30. The van der Waals surface area contributed by atoms with Gasteiger partial charge in [0, 0.05) is 11.6 Å². The van der Waals surface area contributed by atoms with Crippen molar-refractivity contribution in [3.8, 4) is 0 Å². The molecule has 0 spiro atoms. The van der Waals surface area contributed by atoms with Crippen LogP contribution in [0.5, 0.6) is 0 Å².